The zero-order valence-corrected chi connectivity index (χ0v) is 15.7. The maximum absolute atomic E-state index is 12.6. The lowest BCUT2D eigenvalue weighted by Crippen LogP contribution is -2.00. The highest BCUT2D eigenvalue weighted by Gasteiger charge is 2.12. The Balaban J connectivity index is 1.86. The second-order valence-corrected chi connectivity index (χ2v) is 8.28. The van der Waals surface area contributed by atoms with Crippen molar-refractivity contribution in [2.24, 2.45) is 0 Å². The number of hydrogen-bond acceptors (Lipinski definition) is 4. The van der Waals surface area contributed by atoms with E-state index in [-0.39, 0.29) is 5.97 Å². The van der Waals surface area contributed by atoms with E-state index in [0.717, 1.165) is 15.6 Å². The fourth-order valence-electron chi connectivity index (χ4n) is 2.22. The van der Waals surface area contributed by atoms with Gasteiger partial charge in [0.1, 0.15) is 5.75 Å². The number of hydrogen-bond donors (Lipinski definition) is 0. The summed E-state index contributed by atoms with van der Waals surface area (Å²) in [6, 6.07) is 10.6. The third-order valence-electron chi connectivity index (χ3n) is 3.33. The number of carbonyl (C=O) groups is 1. The highest BCUT2D eigenvalue weighted by Crippen LogP contribution is 2.34. The van der Waals surface area contributed by atoms with E-state index in [1.165, 1.54) is 18.3 Å². The lowest BCUT2D eigenvalue weighted by atomic mass is 10.2. The van der Waals surface area contributed by atoms with Gasteiger partial charge in [0, 0.05) is 37.3 Å². The van der Waals surface area contributed by atoms with E-state index in [1.807, 2.05) is 12.1 Å². The Morgan fingerprint density at radius 2 is 2.00 bits per heavy atom. The van der Waals surface area contributed by atoms with Crippen molar-refractivity contribution >= 4 is 61.4 Å². The quantitative estimate of drug-likeness (QED) is 0.549. The Morgan fingerprint density at radius 1 is 1.21 bits per heavy atom. The number of rotatable bonds is 4. The van der Waals surface area contributed by atoms with Gasteiger partial charge in [-0.25, -0.2) is 0 Å². The first kappa shape index (κ1) is 17.4. The Hall–Kier alpha value is -1.40. The van der Waals surface area contributed by atoms with Gasteiger partial charge in [0.2, 0.25) is 0 Å². The number of fused-ring (bicyclic) bond motifs is 1. The smallest absolute Gasteiger partial charge is 0.308 e. The number of carbonyl (C=O) groups excluding carboxylic acids is 1. The van der Waals surface area contributed by atoms with Crippen LogP contribution in [0.2, 0.25) is 10.0 Å². The summed E-state index contributed by atoms with van der Waals surface area (Å²) >= 11 is 13.5. The standard InChI is InChI=1S/C17H12Cl2O3S2/c1-10(20)22-16-8-23-17-7-13(4-5-14(16)17)24(21)9-11-2-3-12(18)6-15(11)19/h2-8H,9H2,1H3. The van der Waals surface area contributed by atoms with E-state index in [9.17, 15) is 9.00 Å². The van der Waals surface area contributed by atoms with Crippen LogP contribution in [0.5, 0.6) is 5.75 Å². The molecular formula is C17H12Cl2O3S2. The first-order valence-electron chi connectivity index (χ1n) is 6.96. The molecule has 0 spiro atoms. The summed E-state index contributed by atoms with van der Waals surface area (Å²) in [5, 5.41) is 3.66. The van der Waals surface area contributed by atoms with Gasteiger partial charge in [0.15, 0.2) is 0 Å². The number of ether oxygens (including phenoxy) is 1. The lowest BCUT2D eigenvalue weighted by molar-refractivity contribution is -0.131. The molecule has 0 saturated heterocycles. The van der Waals surface area contributed by atoms with Crippen LogP contribution in [0, 0.1) is 0 Å². The molecule has 7 heteroatoms. The number of thiophene rings is 1. The van der Waals surface area contributed by atoms with E-state index in [4.69, 9.17) is 27.9 Å². The van der Waals surface area contributed by atoms with Crippen LogP contribution < -0.4 is 4.74 Å². The summed E-state index contributed by atoms with van der Waals surface area (Å²) < 4.78 is 18.7. The van der Waals surface area contributed by atoms with Gasteiger partial charge in [-0.1, -0.05) is 29.3 Å². The predicted molar refractivity (Wildman–Crippen MR) is 99.7 cm³/mol. The molecule has 1 aromatic heterocycles. The van der Waals surface area contributed by atoms with Gasteiger partial charge in [-0.15, -0.1) is 11.3 Å². The van der Waals surface area contributed by atoms with Gasteiger partial charge in [-0.05, 0) is 35.9 Å². The molecule has 2 aromatic carbocycles. The van der Waals surface area contributed by atoms with Crippen LogP contribution in [0.4, 0.5) is 0 Å². The summed E-state index contributed by atoms with van der Waals surface area (Å²) in [5.41, 5.74) is 0.784. The van der Waals surface area contributed by atoms with E-state index >= 15 is 0 Å². The Bertz CT molecular complexity index is 950. The van der Waals surface area contributed by atoms with Gasteiger partial charge in [0.05, 0.1) is 16.6 Å². The van der Waals surface area contributed by atoms with Gasteiger partial charge in [0.25, 0.3) is 0 Å². The molecule has 0 amide bonds. The zero-order chi connectivity index (χ0) is 17.3. The number of esters is 1. The maximum Gasteiger partial charge on any atom is 0.308 e. The van der Waals surface area contributed by atoms with Crippen LogP contribution >= 0.6 is 34.5 Å². The van der Waals surface area contributed by atoms with Crippen LogP contribution in [0.15, 0.2) is 46.7 Å². The Kier molecular flexibility index (Phi) is 5.25. The molecule has 24 heavy (non-hydrogen) atoms. The summed E-state index contributed by atoms with van der Waals surface area (Å²) in [6.07, 6.45) is 0. The Labute approximate surface area is 155 Å². The molecule has 0 bridgehead atoms. The fraction of sp³-hybridized carbons (Fsp3) is 0.118. The van der Waals surface area contributed by atoms with Crippen molar-refractivity contribution in [3.63, 3.8) is 0 Å². The molecule has 1 unspecified atom stereocenters. The molecule has 0 radical (unpaired) electrons. The van der Waals surface area contributed by atoms with Crippen molar-refractivity contribution in [1.82, 2.24) is 0 Å². The van der Waals surface area contributed by atoms with Crippen molar-refractivity contribution < 1.29 is 13.7 Å². The topological polar surface area (TPSA) is 43.4 Å². The summed E-state index contributed by atoms with van der Waals surface area (Å²) in [4.78, 5) is 11.8. The van der Waals surface area contributed by atoms with Gasteiger partial charge < -0.3 is 4.74 Å². The summed E-state index contributed by atoms with van der Waals surface area (Å²) in [5.74, 6) is 0.476. The van der Waals surface area contributed by atoms with Crippen molar-refractivity contribution in [2.75, 3.05) is 0 Å². The van der Waals surface area contributed by atoms with Crippen LogP contribution in [0.1, 0.15) is 12.5 Å². The van der Waals surface area contributed by atoms with Gasteiger partial charge in [-0.2, -0.15) is 0 Å². The molecule has 0 saturated carbocycles. The second-order valence-electron chi connectivity index (χ2n) is 5.08. The van der Waals surface area contributed by atoms with Crippen molar-refractivity contribution in [2.45, 2.75) is 17.6 Å². The van der Waals surface area contributed by atoms with E-state index < -0.39 is 10.8 Å². The molecule has 0 N–H and O–H groups in total. The van der Waals surface area contributed by atoms with Crippen LogP contribution in [-0.2, 0) is 21.3 Å². The summed E-state index contributed by atoms with van der Waals surface area (Å²) in [6.45, 7) is 1.36. The van der Waals surface area contributed by atoms with Crippen LogP contribution in [-0.4, -0.2) is 10.2 Å². The van der Waals surface area contributed by atoms with E-state index in [0.29, 0.717) is 26.4 Å². The monoisotopic (exact) mass is 398 g/mol. The molecule has 0 aliphatic carbocycles. The minimum absolute atomic E-state index is 0.309. The number of benzene rings is 2. The highest BCUT2D eigenvalue weighted by molar-refractivity contribution is 7.84. The SMILES string of the molecule is CC(=O)Oc1csc2cc(S(=O)Cc3ccc(Cl)cc3Cl)ccc12. The minimum atomic E-state index is -1.24. The molecule has 3 rings (SSSR count). The van der Waals surface area contributed by atoms with E-state index in [2.05, 4.69) is 0 Å². The molecule has 3 aromatic rings. The molecule has 1 atom stereocenters. The fourth-order valence-corrected chi connectivity index (χ4v) is 4.92. The average Bonchev–Trinajstić information content (AvgIpc) is 2.91. The Morgan fingerprint density at radius 3 is 2.71 bits per heavy atom. The molecule has 124 valence electrons. The minimum Gasteiger partial charge on any atom is -0.425 e. The summed E-state index contributed by atoms with van der Waals surface area (Å²) in [7, 11) is -1.24. The average molecular weight is 399 g/mol. The first-order valence-corrected chi connectivity index (χ1v) is 9.91. The second kappa shape index (κ2) is 7.23. The normalized spacial score (nSPS) is 12.3. The maximum atomic E-state index is 12.6. The number of halogens is 2. The lowest BCUT2D eigenvalue weighted by Gasteiger charge is -2.06. The predicted octanol–water partition coefficient (Wildman–Crippen LogP) is 5.44. The zero-order valence-electron chi connectivity index (χ0n) is 12.5. The van der Waals surface area contributed by atoms with Gasteiger partial charge >= 0.3 is 5.97 Å². The van der Waals surface area contributed by atoms with Crippen molar-refractivity contribution in [1.29, 1.82) is 0 Å². The molecule has 0 fully saturated rings. The van der Waals surface area contributed by atoms with Crippen molar-refractivity contribution in [3.8, 4) is 5.75 Å². The highest BCUT2D eigenvalue weighted by atomic mass is 35.5. The molecule has 1 heterocycles. The molecular weight excluding hydrogens is 387 g/mol. The molecule has 3 nitrogen and oxygen atoms in total. The van der Waals surface area contributed by atoms with Crippen LogP contribution in [0.25, 0.3) is 10.1 Å². The van der Waals surface area contributed by atoms with Crippen molar-refractivity contribution in [3.05, 3.63) is 57.4 Å². The first-order chi connectivity index (χ1) is 11.4. The van der Waals surface area contributed by atoms with Crippen LogP contribution in [0.3, 0.4) is 0 Å². The van der Waals surface area contributed by atoms with E-state index in [1.54, 1.807) is 29.6 Å². The van der Waals surface area contributed by atoms with Gasteiger partial charge in [-0.3, -0.25) is 9.00 Å². The third kappa shape index (κ3) is 3.81. The molecule has 0 aliphatic rings. The largest absolute Gasteiger partial charge is 0.425 e. The third-order valence-corrected chi connectivity index (χ3v) is 6.19. The molecule has 0 aliphatic heterocycles.